The van der Waals surface area contributed by atoms with Crippen molar-refractivity contribution in [3.63, 3.8) is 0 Å². The van der Waals surface area contributed by atoms with Crippen LogP contribution in [-0.4, -0.2) is 12.5 Å². The van der Waals surface area contributed by atoms with Gasteiger partial charge in [0.05, 0.1) is 6.04 Å². The average Bonchev–Trinajstić information content (AvgIpc) is 2.19. The van der Waals surface area contributed by atoms with Gasteiger partial charge in [0.25, 0.3) is 6.43 Å². The number of halogens is 2. The third kappa shape index (κ3) is 2.89. The maximum absolute atomic E-state index is 12.6. The largest absolute Gasteiger partial charge is 0.271 e. The summed E-state index contributed by atoms with van der Waals surface area (Å²) in [6.07, 6.45) is 2.78. The van der Waals surface area contributed by atoms with Crippen LogP contribution in [-0.2, 0) is 0 Å². The van der Waals surface area contributed by atoms with Gasteiger partial charge < -0.3 is 0 Å². The molecule has 0 saturated heterocycles. The molecular formula is C10H20F2N2. The summed E-state index contributed by atoms with van der Waals surface area (Å²) >= 11 is 0. The predicted molar refractivity (Wildman–Crippen MR) is 52.9 cm³/mol. The summed E-state index contributed by atoms with van der Waals surface area (Å²) in [5.74, 6) is 5.83. The van der Waals surface area contributed by atoms with Gasteiger partial charge in [-0.15, -0.1) is 0 Å². The summed E-state index contributed by atoms with van der Waals surface area (Å²) in [5.41, 5.74) is 2.27. The molecule has 0 bridgehead atoms. The molecule has 0 aromatic rings. The van der Waals surface area contributed by atoms with Crippen molar-refractivity contribution in [3.8, 4) is 0 Å². The lowest BCUT2D eigenvalue weighted by Gasteiger charge is -2.33. The highest BCUT2D eigenvalue weighted by Crippen LogP contribution is 2.34. The monoisotopic (exact) mass is 206 g/mol. The lowest BCUT2D eigenvalue weighted by molar-refractivity contribution is 0.0493. The van der Waals surface area contributed by atoms with Crippen molar-refractivity contribution in [2.24, 2.45) is 17.7 Å². The number of hydrogen-bond donors (Lipinski definition) is 2. The van der Waals surface area contributed by atoms with Gasteiger partial charge in [-0.3, -0.25) is 11.3 Å². The Bertz CT molecular complexity index is 164. The molecule has 4 heteroatoms. The number of nitrogens with one attached hydrogen (secondary N) is 1. The standard InChI is InChI=1S/C10H20F2N2/c1-2-7-4-3-5-8(6-7)9(14-13)10(11)12/h7-10,14H,2-6,13H2,1H3. The third-order valence-corrected chi connectivity index (χ3v) is 3.37. The van der Waals surface area contributed by atoms with Crippen molar-refractivity contribution in [2.75, 3.05) is 0 Å². The van der Waals surface area contributed by atoms with Crippen LogP contribution in [0.25, 0.3) is 0 Å². The van der Waals surface area contributed by atoms with Gasteiger partial charge in [-0.2, -0.15) is 0 Å². The molecule has 1 fully saturated rings. The lowest BCUT2D eigenvalue weighted by Crippen LogP contribution is -2.47. The van der Waals surface area contributed by atoms with Crippen LogP contribution in [0.1, 0.15) is 39.0 Å². The first-order valence-corrected chi connectivity index (χ1v) is 5.43. The van der Waals surface area contributed by atoms with E-state index < -0.39 is 12.5 Å². The van der Waals surface area contributed by atoms with Crippen LogP contribution in [0.2, 0.25) is 0 Å². The van der Waals surface area contributed by atoms with E-state index in [1.54, 1.807) is 0 Å². The van der Waals surface area contributed by atoms with Gasteiger partial charge in [0, 0.05) is 0 Å². The minimum Gasteiger partial charge on any atom is -0.271 e. The van der Waals surface area contributed by atoms with Gasteiger partial charge in [0.2, 0.25) is 0 Å². The molecule has 3 unspecified atom stereocenters. The summed E-state index contributed by atoms with van der Waals surface area (Å²) in [5, 5.41) is 0. The number of nitrogens with two attached hydrogens (primary N) is 1. The number of hydrazine groups is 1. The van der Waals surface area contributed by atoms with Crippen LogP contribution in [0.3, 0.4) is 0 Å². The minimum atomic E-state index is -2.35. The highest BCUT2D eigenvalue weighted by Gasteiger charge is 2.32. The Morgan fingerprint density at radius 2 is 2.14 bits per heavy atom. The second kappa shape index (κ2) is 5.61. The quantitative estimate of drug-likeness (QED) is 0.547. The second-order valence-corrected chi connectivity index (χ2v) is 4.23. The smallest absolute Gasteiger partial charge is 0.255 e. The van der Waals surface area contributed by atoms with Gasteiger partial charge in [0.1, 0.15) is 0 Å². The van der Waals surface area contributed by atoms with Gasteiger partial charge in [-0.05, 0) is 24.7 Å². The van der Waals surface area contributed by atoms with Crippen molar-refractivity contribution in [3.05, 3.63) is 0 Å². The van der Waals surface area contributed by atoms with Crippen LogP contribution in [0, 0.1) is 11.8 Å². The van der Waals surface area contributed by atoms with Crippen LogP contribution < -0.4 is 11.3 Å². The average molecular weight is 206 g/mol. The molecule has 1 rings (SSSR count). The zero-order valence-electron chi connectivity index (χ0n) is 8.68. The van der Waals surface area contributed by atoms with Crippen molar-refractivity contribution < 1.29 is 8.78 Å². The molecule has 1 aliphatic rings. The molecular weight excluding hydrogens is 186 g/mol. The van der Waals surface area contributed by atoms with Crippen molar-refractivity contribution in [1.82, 2.24) is 5.43 Å². The van der Waals surface area contributed by atoms with Gasteiger partial charge in [0.15, 0.2) is 0 Å². The fourth-order valence-corrected chi connectivity index (χ4v) is 2.44. The molecule has 0 amide bonds. The molecule has 2 nitrogen and oxygen atoms in total. The topological polar surface area (TPSA) is 38.0 Å². The zero-order valence-corrected chi connectivity index (χ0v) is 8.68. The van der Waals surface area contributed by atoms with Crippen LogP contribution in [0.5, 0.6) is 0 Å². The number of alkyl halides is 2. The van der Waals surface area contributed by atoms with Crippen LogP contribution in [0.4, 0.5) is 8.78 Å². The first-order chi connectivity index (χ1) is 6.69. The number of hydrogen-bond acceptors (Lipinski definition) is 2. The van der Waals surface area contributed by atoms with Crippen LogP contribution >= 0.6 is 0 Å². The molecule has 84 valence electrons. The molecule has 14 heavy (non-hydrogen) atoms. The third-order valence-electron chi connectivity index (χ3n) is 3.37. The summed E-state index contributed by atoms with van der Waals surface area (Å²) in [6, 6.07) is -0.815. The summed E-state index contributed by atoms with van der Waals surface area (Å²) in [7, 11) is 0. The SMILES string of the molecule is CCC1CCCC(C(NN)C(F)F)C1. The normalized spacial score (nSPS) is 30.6. The van der Waals surface area contributed by atoms with E-state index in [1.807, 2.05) is 0 Å². The summed E-state index contributed by atoms with van der Waals surface area (Å²) < 4.78 is 25.1. The van der Waals surface area contributed by atoms with Crippen molar-refractivity contribution >= 4 is 0 Å². The Morgan fingerprint density at radius 3 is 2.64 bits per heavy atom. The Hall–Kier alpha value is -0.220. The molecule has 0 aromatic heterocycles. The number of rotatable bonds is 4. The Balaban J connectivity index is 2.48. The second-order valence-electron chi connectivity index (χ2n) is 4.23. The van der Waals surface area contributed by atoms with E-state index in [0.29, 0.717) is 5.92 Å². The molecule has 0 heterocycles. The van der Waals surface area contributed by atoms with Crippen molar-refractivity contribution in [2.45, 2.75) is 51.5 Å². The summed E-state index contributed by atoms with van der Waals surface area (Å²) in [6.45, 7) is 2.13. The van der Waals surface area contributed by atoms with Crippen molar-refractivity contribution in [1.29, 1.82) is 0 Å². The molecule has 1 aliphatic carbocycles. The first kappa shape index (κ1) is 11.9. The predicted octanol–water partition coefficient (Wildman–Crippen LogP) is 2.30. The van der Waals surface area contributed by atoms with E-state index in [1.165, 1.54) is 6.42 Å². The Morgan fingerprint density at radius 1 is 1.43 bits per heavy atom. The molecule has 3 N–H and O–H groups in total. The minimum absolute atomic E-state index is 0.0544. The fourth-order valence-electron chi connectivity index (χ4n) is 2.44. The molecule has 1 saturated carbocycles. The van der Waals surface area contributed by atoms with Crippen LogP contribution in [0.15, 0.2) is 0 Å². The maximum Gasteiger partial charge on any atom is 0.255 e. The summed E-state index contributed by atoms with van der Waals surface area (Å²) in [4.78, 5) is 0. The van der Waals surface area contributed by atoms with E-state index in [4.69, 9.17) is 5.84 Å². The van der Waals surface area contributed by atoms with E-state index in [0.717, 1.165) is 25.7 Å². The van der Waals surface area contributed by atoms with E-state index in [9.17, 15) is 8.78 Å². The highest BCUT2D eigenvalue weighted by molar-refractivity contribution is 4.82. The fraction of sp³-hybridized carbons (Fsp3) is 1.00. The Labute approximate surface area is 84.2 Å². The lowest BCUT2D eigenvalue weighted by atomic mass is 9.77. The van der Waals surface area contributed by atoms with Gasteiger partial charge in [-0.1, -0.05) is 26.2 Å². The molecule has 0 spiro atoms. The molecule has 0 radical (unpaired) electrons. The molecule has 0 aliphatic heterocycles. The molecule has 3 atom stereocenters. The highest BCUT2D eigenvalue weighted by atomic mass is 19.3. The van der Waals surface area contributed by atoms with E-state index in [-0.39, 0.29) is 5.92 Å². The maximum atomic E-state index is 12.6. The van der Waals surface area contributed by atoms with Gasteiger partial charge in [-0.25, -0.2) is 8.78 Å². The zero-order chi connectivity index (χ0) is 10.6. The van der Waals surface area contributed by atoms with E-state index in [2.05, 4.69) is 12.3 Å². The first-order valence-electron chi connectivity index (χ1n) is 5.43. The molecule has 0 aromatic carbocycles. The van der Waals surface area contributed by atoms with Gasteiger partial charge >= 0.3 is 0 Å². The van der Waals surface area contributed by atoms with E-state index >= 15 is 0 Å². The Kier molecular flexibility index (Phi) is 4.75.